The summed E-state index contributed by atoms with van der Waals surface area (Å²) in [5, 5.41) is 17.6. The number of nitro benzene ring substituents is 1. The van der Waals surface area contributed by atoms with Gasteiger partial charge in [-0.25, -0.2) is 13.4 Å². The van der Waals surface area contributed by atoms with Crippen molar-refractivity contribution in [3.05, 3.63) is 58.0 Å². The number of carbonyl (C=O) groups is 1. The summed E-state index contributed by atoms with van der Waals surface area (Å²) in [4.78, 5) is 26.4. The van der Waals surface area contributed by atoms with Crippen LogP contribution in [-0.2, 0) is 9.84 Å². The molecule has 1 N–H and O–H groups in total. The smallest absolute Gasteiger partial charge is 0.277 e. The number of nitrogens with zero attached hydrogens (tertiary/aromatic N) is 4. The molecule has 3 rings (SSSR count). The van der Waals surface area contributed by atoms with E-state index in [0.29, 0.717) is 0 Å². The van der Waals surface area contributed by atoms with Crippen molar-refractivity contribution in [2.75, 3.05) is 5.32 Å². The number of non-ortho nitro benzene ring substituents is 1. The number of thiazole rings is 1. The first-order valence-corrected chi connectivity index (χ1v) is 10.7. The minimum atomic E-state index is -3.91. The zero-order valence-electron chi connectivity index (χ0n) is 15.7. The van der Waals surface area contributed by atoms with Crippen LogP contribution in [0.25, 0.3) is 0 Å². The molecular formula is C17H17N5O5S2. The zero-order chi connectivity index (χ0) is 21.3. The average Bonchev–Trinajstić information content (AvgIpc) is 3.29. The summed E-state index contributed by atoms with van der Waals surface area (Å²) in [5.74, 6) is -0.499. The van der Waals surface area contributed by atoms with Crippen molar-refractivity contribution in [2.45, 2.75) is 35.9 Å². The van der Waals surface area contributed by atoms with Gasteiger partial charge in [0.1, 0.15) is 4.21 Å². The number of sulfone groups is 1. The van der Waals surface area contributed by atoms with Gasteiger partial charge in [0.2, 0.25) is 9.84 Å². The number of benzene rings is 1. The van der Waals surface area contributed by atoms with Crippen LogP contribution in [0.15, 0.2) is 45.6 Å². The summed E-state index contributed by atoms with van der Waals surface area (Å²) < 4.78 is 27.0. The molecule has 0 atom stereocenters. The number of aromatic nitrogens is 3. The van der Waals surface area contributed by atoms with E-state index in [2.05, 4.69) is 15.4 Å². The number of aryl methyl sites for hydroxylation is 1. The Balaban J connectivity index is 1.80. The molecule has 152 valence electrons. The molecule has 0 aliphatic rings. The molecule has 1 aromatic carbocycles. The Labute approximate surface area is 170 Å². The van der Waals surface area contributed by atoms with Crippen LogP contribution in [0.2, 0.25) is 0 Å². The highest BCUT2D eigenvalue weighted by Crippen LogP contribution is 2.29. The number of carbonyl (C=O) groups excluding carboxylic acids is 1. The molecule has 0 saturated carbocycles. The van der Waals surface area contributed by atoms with Gasteiger partial charge in [0.15, 0.2) is 10.8 Å². The summed E-state index contributed by atoms with van der Waals surface area (Å²) in [6, 6.07) is 6.28. The van der Waals surface area contributed by atoms with Crippen LogP contribution in [0, 0.1) is 17.0 Å². The number of hydrogen-bond donors (Lipinski definition) is 1. The molecular weight excluding hydrogens is 418 g/mol. The topological polar surface area (TPSA) is 137 Å². The molecule has 3 aromatic rings. The standard InChI is InChI=1S/C17H17N5O5S2/c1-10(2)21-11(3)8-14(20-21)16(23)19-17-18-9-15(28-17)29(26,27)13-6-4-12(5-7-13)22(24)25/h4-10H,1-3H3,(H,18,19,23). The molecule has 0 aliphatic carbocycles. The van der Waals surface area contributed by atoms with E-state index in [1.165, 1.54) is 0 Å². The fourth-order valence-corrected chi connectivity index (χ4v) is 5.01. The second-order valence-corrected chi connectivity index (χ2v) is 9.61. The maximum atomic E-state index is 12.7. The summed E-state index contributed by atoms with van der Waals surface area (Å²) in [6.07, 6.45) is 1.13. The van der Waals surface area contributed by atoms with E-state index in [4.69, 9.17) is 0 Å². The summed E-state index contributed by atoms with van der Waals surface area (Å²) in [5.41, 5.74) is 0.814. The normalized spacial score (nSPS) is 11.6. The van der Waals surface area contributed by atoms with Crippen molar-refractivity contribution in [3.8, 4) is 0 Å². The summed E-state index contributed by atoms with van der Waals surface area (Å²) in [6.45, 7) is 5.72. The molecule has 12 heteroatoms. The maximum Gasteiger partial charge on any atom is 0.277 e. The van der Waals surface area contributed by atoms with Gasteiger partial charge < -0.3 is 0 Å². The van der Waals surface area contributed by atoms with Crippen molar-refractivity contribution >= 4 is 37.9 Å². The maximum absolute atomic E-state index is 12.7. The Morgan fingerprint density at radius 2 is 1.93 bits per heavy atom. The van der Waals surface area contributed by atoms with Crippen molar-refractivity contribution < 1.29 is 18.1 Å². The molecule has 1 amide bonds. The third-order valence-electron chi connectivity index (χ3n) is 3.97. The minimum absolute atomic E-state index is 0.0921. The van der Waals surface area contributed by atoms with E-state index in [9.17, 15) is 23.3 Å². The van der Waals surface area contributed by atoms with Gasteiger partial charge >= 0.3 is 0 Å². The Kier molecular flexibility index (Phi) is 5.48. The predicted octanol–water partition coefficient (Wildman–Crippen LogP) is 3.22. The molecule has 0 aliphatic heterocycles. The lowest BCUT2D eigenvalue weighted by molar-refractivity contribution is -0.384. The van der Waals surface area contributed by atoms with Crippen LogP contribution in [-0.4, -0.2) is 34.0 Å². The lowest BCUT2D eigenvalue weighted by Crippen LogP contribution is -2.13. The second-order valence-electron chi connectivity index (χ2n) is 6.40. The second kappa shape index (κ2) is 7.72. The first-order valence-electron chi connectivity index (χ1n) is 8.42. The van der Waals surface area contributed by atoms with Crippen molar-refractivity contribution in [1.82, 2.24) is 14.8 Å². The third kappa shape index (κ3) is 4.17. The Hall–Kier alpha value is -3.12. The summed E-state index contributed by atoms with van der Waals surface area (Å²) in [7, 11) is -3.91. The lowest BCUT2D eigenvalue weighted by atomic mass is 10.3. The van der Waals surface area contributed by atoms with E-state index < -0.39 is 20.7 Å². The Bertz CT molecular complexity index is 1180. The van der Waals surface area contributed by atoms with E-state index in [0.717, 1.165) is 47.5 Å². The molecule has 0 fully saturated rings. The number of hydrogen-bond acceptors (Lipinski definition) is 8. The van der Waals surface area contributed by atoms with Gasteiger partial charge in [-0.1, -0.05) is 11.3 Å². The number of amides is 1. The van der Waals surface area contributed by atoms with Crippen LogP contribution >= 0.6 is 11.3 Å². The van der Waals surface area contributed by atoms with Gasteiger partial charge in [-0.05, 0) is 39.0 Å². The number of rotatable bonds is 6. The first-order chi connectivity index (χ1) is 13.6. The number of anilines is 1. The largest absolute Gasteiger partial charge is 0.296 e. The van der Waals surface area contributed by atoms with Crippen LogP contribution in [0.3, 0.4) is 0 Å². The van der Waals surface area contributed by atoms with Crippen LogP contribution < -0.4 is 5.32 Å². The van der Waals surface area contributed by atoms with Gasteiger partial charge in [-0.2, -0.15) is 5.10 Å². The quantitative estimate of drug-likeness (QED) is 0.463. The highest BCUT2D eigenvalue weighted by Gasteiger charge is 2.23. The fourth-order valence-electron chi connectivity index (χ4n) is 2.59. The third-order valence-corrected chi connectivity index (χ3v) is 7.12. The molecule has 10 nitrogen and oxygen atoms in total. The van der Waals surface area contributed by atoms with Gasteiger partial charge in [-0.3, -0.25) is 24.9 Å². The molecule has 0 unspecified atom stereocenters. The van der Waals surface area contributed by atoms with E-state index in [1.807, 2.05) is 20.8 Å². The van der Waals surface area contributed by atoms with E-state index in [-0.39, 0.29) is 31.7 Å². The molecule has 0 saturated heterocycles. The van der Waals surface area contributed by atoms with Crippen LogP contribution in [0.5, 0.6) is 0 Å². The highest BCUT2D eigenvalue weighted by atomic mass is 32.2. The SMILES string of the molecule is Cc1cc(C(=O)Nc2ncc(S(=O)(=O)c3ccc([N+](=O)[O-])cc3)s2)nn1C(C)C. The van der Waals surface area contributed by atoms with Crippen molar-refractivity contribution in [2.24, 2.45) is 0 Å². The predicted molar refractivity (Wildman–Crippen MR) is 106 cm³/mol. The van der Waals surface area contributed by atoms with Gasteiger partial charge in [0, 0.05) is 23.9 Å². The minimum Gasteiger partial charge on any atom is -0.296 e. The molecule has 0 bridgehead atoms. The highest BCUT2D eigenvalue weighted by molar-refractivity contribution is 7.93. The fraction of sp³-hybridized carbons (Fsp3) is 0.235. The molecule has 29 heavy (non-hydrogen) atoms. The summed E-state index contributed by atoms with van der Waals surface area (Å²) >= 11 is 0.786. The van der Waals surface area contributed by atoms with Crippen molar-refractivity contribution in [1.29, 1.82) is 0 Å². The molecule has 0 spiro atoms. The first kappa shape index (κ1) is 20.6. The van der Waals surface area contributed by atoms with Crippen LogP contribution in [0.1, 0.15) is 36.1 Å². The average molecular weight is 435 g/mol. The molecule has 2 aromatic heterocycles. The Morgan fingerprint density at radius 3 is 2.48 bits per heavy atom. The Morgan fingerprint density at radius 1 is 1.28 bits per heavy atom. The van der Waals surface area contributed by atoms with Crippen LogP contribution in [0.4, 0.5) is 10.8 Å². The van der Waals surface area contributed by atoms with E-state index in [1.54, 1.807) is 10.7 Å². The number of nitrogens with one attached hydrogen (secondary N) is 1. The molecule has 0 radical (unpaired) electrons. The zero-order valence-corrected chi connectivity index (χ0v) is 17.3. The van der Waals surface area contributed by atoms with Gasteiger partial charge in [-0.15, -0.1) is 0 Å². The monoisotopic (exact) mass is 435 g/mol. The van der Waals surface area contributed by atoms with Crippen molar-refractivity contribution in [3.63, 3.8) is 0 Å². The van der Waals surface area contributed by atoms with Gasteiger partial charge in [0.05, 0.1) is 16.0 Å². The van der Waals surface area contributed by atoms with Gasteiger partial charge in [0.25, 0.3) is 11.6 Å². The number of nitro groups is 1. The molecule has 2 heterocycles. The lowest BCUT2D eigenvalue weighted by Gasteiger charge is -2.06. The van der Waals surface area contributed by atoms with E-state index >= 15 is 0 Å².